The molecule has 0 radical (unpaired) electrons. The van der Waals surface area contributed by atoms with Crippen molar-refractivity contribution in [3.8, 4) is 23.0 Å². The fourth-order valence-electron chi connectivity index (χ4n) is 6.71. The highest BCUT2D eigenvalue weighted by atomic mass is 35.5. The molecule has 7 rings (SSSR count). The molecule has 7 aromatic carbocycles. The molecular formula is C52H43ClF10O5P+. The van der Waals surface area contributed by atoms with Crippen LogP contribution in [0.5, 0.6) is 23.0 Å². The van der Waals surface area contributed by atoms with Gasteiger partial charge in [-0.1, -0.05) is 54.6 Å². The van der Waals surface area contributed by atoms with Crippen molar-refractivity contribution in [3.05, 3.63) is 215 Å². The maximum atomic E-state index is 14.0. The quantitative estimate of drug-likeness (QED) is 0.0528. The minimum Gasteiger partial charge on any atom is -0.504 e. The van der Waals surface area contributed by atoms with Crippen molar-refractivity contribution in [1.82, 2.24) is 0 Å². The summed E-state index contributed by atoms with van der Waals surface area (Å²) in [4.78, 5) is 10.5. The number of aldehydes is 1. The van der Waals surface area contributed by atoms with Gasteiger partial charge in [0.15, 0.2) is 35.8 Å². The number of hydrogen-bond acceptors (Lipinski definition) is 5. The van der Waals surface area contributed by atoms with Crippen molar-refractivity contribution in [3.63, 3.8) is 0 Å². The van der Waals surface area contributed by atoms with Gasteiger partial charge in [0.25, 0.3) is 0 Å². The number of halogens is 11. The van der Waals surface area contributed by atoms with Gasteiger partial charge >= 0.3 is 12.4 Å². The van der Waals surface area contributed by atoms with E-state index in [1.54, 1.807) is 7.11 Å². The number of hydrogen-bond donors (Lipinski definition) is 0. The molecule has 7 aromatic rings. The van der Waals surface area contributed by atoms with Crippen molar-refractivity contribution >= 4 is 47.9 Å². The van der Waals surface area contributed by atoms with E-state index in [1.807, 2.05) is 0 Å². The molecule has 0 fully saturated rings. The maximum absolute atomic E-state index is 14.0. The minimum atomic E-state index is -4.59. The standard InChI is InChI=1S/C20H20OP.C17H13F5O2.C15H9F5O2.ClH/c1-21-17-22(18-11-5-2-6-12-18,19-13-7-3-8-14-19)20-15-9-4-10-16-20;1-10-5-12(17(20,21)22)8-13(6-10)24-16-9-14(18)11(3-4-23-2)7-15(16)19;1-8-2-10(15(18,19)20)5-11(3-8)22-14-6-12(16)9(7-21)4-13(14)17;/h2-16H,17H2,1H3;3-9H,1-2H3;2-7H,1H3;1H/q+1;;;/b;4-3+;;. The zero-order valence-corrected chi connectivity index (χ0v) is 38.8. The zero-order valence-electron chi connectivity index (χ0n) is 37.0. The van der Waals surface area contributed by atoms with E-state index in [1.165, 1.54) is 55.1 Å². The summed E-state index contributed by atoms with van der Waals surface area (Å²) in [7, 11) is 1.37. The third-order valence-corrected chi connectivity index (χ3v) is 13.9. The smallest absolute Gasteiger partial charge is 0.416 e. The van der Waals surface area contributed by atoms with E-state index < -0.39 is 71.1 Å². The maximum Gasteiger partial charge on any atom is 0.416 e. The largest absolute Gasteiger partial charge is 0.504 e. The Bertz CT molecular complexity index is 2710. The van der Waals surface area contributed by atoms with E-state index >= 15 is 0 Å². The topological polar surface area (TPSA) is 54.0 Å². The Kier molecular flexibility index (Phi) is 19.6. The lowest BCUT2D eigenvalue weighted by Gasteiger charge is -2.26. The molecule has 0 aliphatic rings. The van der Waals surface area contributed by atoms with Gasteiger partial charge in [0, 0.05) is 24.8 Å². The van der Waals surface area contributed by atoms with Crippen LogP contribution in [0, 0.1) is 37.1 Å². The van der Waals surface area contributed by atoms with Gasteiger partial charge in [-0.25, -0.2) is 17.6 Å². The molecule has 0 N–H and O–H groups in total. The molecule has 0 aromatic heterocycles. The molecule has 0 amide bonds. The van der Waals surface area contributed by atoms with Gasteiger partial charge in [0.1, 0.15) is 46.3 Å². The van der Waals surface area contributed by atoms with Crippen molar-refractivity contribution in [1.29, 1.82) is 0 Å². The van der Waals surface area contributed by atoms with Gasteiger partial charge in [0.2, 0.25) is 0 Å². The first-order chi connectivity index (χ1) is 32.3. The second kappa shape index (κ2) is 24.6. The fourth-order valence-corrected chi connectivity index (χ4v) is 10.5. The molecule has 362 valence electrons. The molecule has 0 unspecified atom stereocenters. The number of aryl methyl sites for hydroxylation is 2. The Morgan fingerprint density at radius 1 is 0.507 bits per heavy atom. The van der Waals surface area contributed by atoms with Crippen LogP contribution in [0.25, 0.3) is 6.08 Å². The number of carbonyl (C=O) groups is 1. The van der Waals surface area contributed by atoms with Crippen LogP contribution < -0.4 is 25.4 Å². The van der Waals surface area contributed by atoms with E-state index in [2.05, 4.69) is 95.7 Å². The lowest BCUT2D eigenvalue weighted by Crippen LogP contribution is -2.33. The molecule has 0 aliphatic heterocycles. The molecule has 0 atom stereocenters. The van der Waals surface area contributed by atoms with Crippen molar-refractivity contribution < 1.29 is 67.6 Å². The minimum absolute atomic E-state index is 0. The summed E-state index contributed by atoms with van der Waals surface area (Å²) < 4.78 is 152. The Labute approximate surface area is 398 Å². The molecular weight excluding hydrogens is 961 g/mol. The second-order valence-corrected chi connectivity index (χ2v) is 18.2. The van der Waals surface area contributed by atoms with Crippen molar-refractivity contribution in [2.75, 3.05) is 20.6 Å². The van der Waals surface area contributed by atoms with Crippen LogP contribution in [0.4, 0.5) is 43.9 Å². The van der Waals surface area contributed by atoms with Crippen molar-refractivity contribution in [2.45, 2.75) is 26.2 Å². The van der Waals surface area contributed by atoms with Crippen LogP contribution in [0.2, 0.25) is 0 Å². The third kappa shape index (κ3) is 14.7. The summed E-state index contributed by atoms with van der Waals surface area (Å²) >= 11 is 0. The number of rotatable bonds is 12. The average Bonchev–Trinajstić information content (AvgIpc) is 3.30. The van der Waals surface area contributed by atoms with Crippen molar-refractivity contribution in [2.24, 2.45) is 0 Å². The number of carbonyl (C=O) groups excluding carboxylic acids is 1. The van der Waals surface area contributed by atoms with E-state index in [4.69, 9.17) is 14.2 Å². The normalized spacial score (nSPS) is 11.3. The van der Waals surface area contributed by atoms with E-state index in [9.17, 15) is 48.7 Å². The van der Waals surface area contributed by atoms with Crippen LogP contribution >= 0.6 is 19.7 Å². The monoisotopic (exact) mass is 1000 g/mol. The van der Waals surface area contributed by atoms with E-state index in [0.717, 1.165) is 36.6 Å². The predicted molar refractivity (Wildman–Crippen MR) is 251 cm³/mol. The Balaban J connectivity index is 0.000000224. The SMILES string of the molecule is CO/C=C/c1cc(F)c(Oc2cc(C)cc(C(F)(F)F)c2)cc1F.COC[P+](c1ccccc1)(c1ccccc1)c1ccccc1.Cc1cc(Oc2cc(F)c(C=O)cc2F)cc(C(F)(F)F)c1.Cl. The first-order valence-electron chi connectivity index (χ1n) is 20.2. The predicted octanol–water partition coefficient (Wildman–Crippen LogP) is 14.6. The van der Waals surface area contributed by atoms with Gasteiger partial charge in [-0.05, 0) is 116 Å². The molecule has 0 saturated heterocycles. The van der Waals surface area contributed by atoms with Crippen LogP contribution in [0.3, 0.4) is 0 Å². The van der Waals surface area contributed by atoms with Gasteiger partial charge in [-0.3, -0.25) is 4.79 Å². The lowest BCUT2D eigenvalue weighted by molar-refractivity contribution is -0.138. The first-order valence-corrected chi connectivity index (χ1v) is 22.2. The van der Waals surface area contributed by atoms with Crippen LogP contribution in [0.1, 0.15) is 38.2 Å². The molecule has 5 nitrogen and oxygen atoms in total. The Hall–Kier alpha value is -6.67. The summed E-state index contributed by atoms with van der Waals surface area (Å²) in [5.74, 6) is -5.45. The van der Waals surface area contributed by atoms with E-state index in [0.29, 0.717) is 24.5 Å². The second-order valence-electron chi connectivity index (χ2n) is 14.8. The summed E-state index contributed by atoms with van der Waals surface area (Å²) in [5.41, 5.74) is -1.96. The van der Waals surface area contributed by atoms with E-state index in [-0.39, 0.29) is 46.9 Å². The molecule has 0 aliphatic carbocycles. The molecule has 17 heteroatoms. The average molecular weight is 1000 g/mol. The highest BCUT2D eigenvalue weighted by Gasteiger charge is 2.45. The molecule has 0 bridgehead atoms. The molecule has 69 heavy (non-hydrogen) atoms. The molecule has 0 heterocycles. The first kappa shape index (κ1) is 54.9. The van der Waals surface area contributed by atoms with Crippen LogP contribution in [-0.2, 0) is 21.8 Å². The summed E-state index contributed by atoms with van der Waals surface area (Å²) in [6, 6.07) is 40.9. The number of alkyl halides is 6. The molecule has 0 spiro atoms. The number of methoxy groups -OCH3 is 2. The summed E-state index contributed by atoms with van der Waals surface area (Å²) in [5, 5.41) is 4.07. The van der Waals surface area contributed by atoms with Crippen LogP contribution in [-0.4, -0.2) is 26.9 Å². The van der Waals surface area contributed by atoms with Crippen LogP contribution in [0.15, 0.2) is 158 Å². The Morgan fingerprint density at radius 2 is 0.884 bits per heavy atom. The third-order valence-electron chi connectivity index (χ3n) is 9.74. The van der Waals surface area contributed by atoms with Gasteiger partial charge in [0.05, 0.1) is 30.1 Å². The highest BCUT2D eigenvalue weighted by molar-refractivity contribution is 7.95. The Morgan fingerprint density at radius 3 is 1.23 bits per heavy atom. The van der Waals surface area contributed by atoms with Gasteiger partial charge < -0.3 is 18.9 Å². The van der Waals surface area contributed by atoms with Gasteiger partial charge in [-0.2, -0.15) is 26.3 Å². The number of ether oxygens (including phenoxy) is 4. The number of benzene rings is 7. The fraction of sp³-hybridized carbons (Fsp3) is 0.135. The molecule has 0 saturated carbocycles. The lowest BCUT2D eigenvalue weighted by atomic mass is 10.1. The van der Waals surface area contributed by atoms with Gasteiger partial charge in [-0.15, -0.1) is 12.4 Å². The summed E-state index contributed by atoms with van der Waals surface area (Å²) in [6.07, 6.45) is -5.95. The summed E-state index contributed by atoms with van der Waals surface area (Å²) in [6.45, 7) is 2.85. The zero-order chi connectivity index (χ0) is 49.6. The highest BCUT2D eigenvalue weighted by Crippen LogP contribution is 2.55.